The van der Waals surface area contributed by atoms with E-state index in [9.17, 15) is 0 Å². The van der Waals surface area contributed by atoms with Gasteiger partial charge in [0.2, 0.25) is 0 Å². The molecule has 0 aliphatic heterocycles. The molecule has 2 rings (SSSR count). The predicted molar refractivity (Wildman–Crippen MR) is 81.7 cm³/mol. The lowest BCUT2D eigenvalue weighted by Crippen LogP contribution is -2.09. The Bertz CT molecular complexity index is 398. The topological polar surface area (TPSA) is 47.3 Å². The fraction of sp³-hybridized carbons (Fsp3) is 0.625. The van der Waals surface area contributed by atoms with Gasteiger partial charge < -0.3 is 15.8 Å². The zero-order chi connectivity index (χ0) is 13.7. The fourth-order valence-electron chi connectivity index (χ4n) is 2.72. The Kier molecular flexibility index (Phi) is 4.94. The van der Waals surface area contributed by atoms with Crippen LogP contribution in [0.25, 0.3) is 0 Å². The number of benzene rings is 1. The van der Waals surface area contributed by atoms with Gasteiger partial charge in [-0.3, -0.25) is 0 Å². The molecule has 19 heavy (non-hydrogen) atoms. The fourth-order valence-corrected chi connectivity index (χ4v) is 2.72. The number of nitrogen functional groups attached to an aromatic ring is 1. The summed E-state index contributed by atoms with van der Waals surface area (Å²) in [5.41, 5.74) is 7.72. The van der Waals surface area contributed by atoms with Crippen molar-refractivity contribution in [2.45, 2.75) is 52.1 Å². The molecule has 1 aliphatic carbocycles. The van der Waals surface area contributed by atoms with Gasteiger partial charge in [0.25, 0.3) is 0 Å². The van der Waals surface area contributed by atoms with Crippen LogP contribution in [0.15, 0.2) is 18.2 Å². The molecule has 3 N–H and O–H groups in total. The molecular weight excluding hydrogens is 236 g/mol. The second kappa shape index (κ2) is 6.69. The van der Waals surface area contributed by atoms with Gasteiger partial charge >= 0.3 is 0 Å². The number of nitrogens with one attached hydrogen (secondary N) is 1. The molecule has 0 saturated heterocycles. The predicted octanol–water partition coefficient (Wildman–Crippen LogP) is 4.05. The lowest BCUT2D eigenvalue weighted by molar-refractivity contribution is 0.244. The first-order valence-electron chi connectivity index (χ1n) is 7.45. The Morgan fingerprint density at radius 3 is 2.74 bits per heavy atom. The number of anilines is 2. The molecule has 0 heterocycles. The smallest absolute Gasteiger partial charge is 0.144 e. The summed E-state index contributed by atoms with van der Waals surface area (Å²) in [6, 6.07) is 5.94. The van der Waals surface area contributed by atoms with Crippen molar-refractivity contribution in [3.8, 4) is 5.75 Å². The standard InChI is InChI=1S/C16H26N2O/c1-12(2)19-16-11-14(7-8-15(16)17)18-10-9-13-5-3-4-6-13/h7-8,11-13,18H,3-6,9-10,17H2,1-2H3. The molecule has 0 spiro atoms. The van der Waals surface area contributed by atoms with Gasteiger partial charge in [-0.25, -0.2) is 0 Å². The van der Waals surface area contributed by atoms with Crippen molar-refractivity contribution in [2.75, 3.05) is 17.6 Å². The van der Waals surface area contributed by atoms with Crippen LogP contribution in [-0.4, -0.2) is 12.6 Å². The van der Waals surface area contributed by atoms with E-state index in [1.54, 1.807) is 0 Å². The quantitative estimate of drug-likeness (QED) is 0.760. The number of hydrogen-bond donors (Lipinski definition) is 2. The maximum atomic E-state index is 5.91. The summed E-state index contributed by atoms with van der Waals surface area (Å²) >= 11 is 0. The zero-order valence-electron chi connectivity index (χ0n) is 12.1. The minimum Gasteiger partial charge on any atom is -0.489 e. The summed E-state index contributed by atoms with van der Waals surface area (Å²) in [5.74, 6) is 1.70. The Labute approximate surface area is 116 Å². The maximum absolute atomic E-state index is 5.91. The third-order valence-corrected chi connectivity index (χ3v) is 3.73. The molecule has 1 aliphatic rings. The van der Waals surface area contributed by atoms with Gasteiger partial charge in [0.05, 0.1) is 11.8 Å². The summed E-state index contributed by atoms with van der Waals surface area (Å²) in [7, 11) is 0. The van der Waals surface area contributed by atoms with E-state index in [1.807, 2.05) is 32.0 Å². The van der Waals surface area contributed by atoms with Gasteiger partial charge in [-0.1, -0.05) is 25.7 Å². The van der Waals surface area contributed by atoms with Crippen LogP contribution in [0.1, 0.15) is 46.0 Å². The van der Waals surface area contributed by atoms with Crippen LogP contribution in [0.5, 0.6) is 5.75 Å². The van der Waals surface area contributed by atoms with Crippen LogP contribution < -0.4 is 15.8 Å². The van der Waals surface area contributed by atoms with E-state index in [2.05, 4.69) is 5.32 Å². The van der Waals surface area contributed by atoms with Crippen LogP contribution in [0.2, 0.25) is 0 Å². The summed E-state index contributed by atoms with van der Waals surface area (Å²) in [6.45, 7) is 5.06. The highest BCUT2D eigenvalue weighted by atomic mass is 16.5. The van der Waals surface area contributed by atoms with Gasteiger partial charge in [0.1, 0.15) is 5.75 Å². The van der Waals surface area contributed by atoms with Gasteiger partial charge in [0.15, 0.2) is 0 Å². The van der Waals surface area contributed by atoms with Crippen molar-refractivity contribution in [1.82, 2.24) is 0 Å². The van der Waals surface area contributed by atoms with E-state index in [0.717, 1.165) is 23.9 Å². The molecule has 0 atom stereocenters. The lowest BCUT2D eigenvalue weighted by Gasteiger charge is -2.15. The van der Waals surface area contributed by atoms with Crippen molar-refractivity contribution in [1.29, 1.82) is 0 Å². The largest absolute Gasteiger partial charge is 0.489 e. The third-order valence-electron chi connectivity index (χ3n) is 3.73. The first kappa shape index (κ1) is 14.0. The second-order valence-electron chi connectivity index (χ2n) is 5.79. The highest BCUT2D eigenvalue weighted by molar-refractivity contribution is 5.61. The first-order valence-corrected chi connectivity index (χ1v) is 7.45. The van der Waals surface area contributed by atoms with Crippen molar-refractivity contribution < 1.29 is 4.74 Å². The highest BCUT2D eigenvalue weighted by Crippen LogP contribution is 2.29. The Hall–Kier alpha value is -1.38. The monoisotopic (exact) mass is 262 g/mol. The van der Waals surface area contributed by atoms with Crippen LogP contribution in [-0.2, 0) is 0 Å². The molecule has 0 unspecified atom stereocenters. The Morgan fingerprint density at radius 1 is 1.32 bits per heavy atom. The van der Waals surface area contributed by atoms with Crippen LogP contribution in [0.3, 0.4) is 0 Å². The zero-order valence-corrected chi connectivity index (χ0v) is 12.1. The van der Waals surface area contributed by atoms with E-state index in [0.29, 0.717) is 5.69 Å². The minimum absolute atomic E-state index is 0.149. The average molecular weight is 262 g/mol. The Morgan fingerprint density at radius 2 is 2.05 bits per heavy atom. The van der Waals surface area contributed by atoms with E-state index < -0.39 is 0 Å². The summed E-state index contributed by atoms with van der Waals surface area (Å²) in [6.07, 6.45) is 7.06. The second-order valence-corrected chi connectivity index (χ2v) is 5.79. The van der Waals surface area contributed by atoms with Crippen LogP contribution in [0.4, 0.5) is 11.4 Å². The van der Waals surface area contributed by atoms with Gasteiger partial charge in [-0.05, 0) is 38.3 Å². The molecule has 0 bridgehead atoms. The summed E-state index contributed by atoms with van der Waals surface area (Å²) < 4.78 is 5.70. The molecule has 0 amide bonds. The number of hydrogen-bond acceptors (Lipinski definition) is 3. The van der Waals surface area contributed by atoms with E-state index in [1.165, 1.54) is 32.1 Å². The van der Waals surface area contributed by atoms with Gasteiger partial charge in [-0.15, -0.1) is 0 Å². The molecule has 1 aromatic carbocycles. The molecule has 1 aromatic rings. The first-order chi connectivity index (χ1) is 9.15. The van der Waals surface area contributed by atoms with E-state index in [4.69, 9.17) is 10.5 Å². The van der Waals surface area contributed by atoms with Crippen LogP contribution in [0, 0.1) is 5.92 Å². The molecule has 106 valence electrons. The summed E-state index contributed by atoms with van der Waals surface area (Å²) in [5, 5.41) is 3.48. The number of ether oxygens (including phenoxy) is 1. The third kappa shape index (κ3) is 4.34. The summed E-state index contributed by atoms with van der Waals surface area (Å²) in [4.78, 5) is 0. The lowest BCUT2D eigenvalue weighted by atomic mass is 10.0. The molecule has 0 aromatic heterocycles. The number of rotatable bonds is 6. The molecule has 3 heteroatoms. The van der Waals surface area contributed by atoms with Gasteiger partial charge in [0, 0.05) is 18.3 Å². The molecule has 1 saturated carbocycles. The SMILES string of the molecule is CC(C)Oc1cc(NCCC2CCCC2)ccc1N. The molecular formula is C16H26N2O. The highest BCUT2D eigenvalue weighted by Gasteiger charge is 2.14. The number of nitrogens with two attached hydrogens (primary N) is 1. The van der Waals surface area contributed by atoms with Crippen molar-refractivity contribution in [2.24, 2.45) is 5.92 Å². The average Bonchev–Trinajstić information content (AvgIpc) is 2.86. The Balaban J connectivity index is 1.85. The van der Waals surface area contributed by atoms with Crippen molar-refractivity contribution in [3.63, 3.8) is 0 Å². The van der Waals surface area contributed by atoms with Crippen molar-refractivity contribution >= 4 is 11.4 Å². The molecule has 3 nitrogen and oxygen atoms in total. The minimum atomic E-state index is 0.149. The van der Waals surface area contributed by atoms with E-state index >= 15 is 0 Å². The van der Waals surface area contributed by atoms with E-state index in [-0.39, 0.29) is 6.10 Å². The molecule has 0 radical (unpaired) electrons. The maximum Gasteiger partial charge on any atom is 0.144 e. The van der Waals surface area contributed by atoms with Crippen LogP contribution >= 0.6 is 0 Å². The molecule has 1 fully saturated rings. The normalized spacial score (nSPS) is 15.9. The van der Waals surface area contributed by atoms with Gasteiger partial charge in [-0.2, -0.15) is 0 Å². The van der Waals surface area contributed by atoms with Crippen molar-refractivity contribution in [3.05, 3.63) is 18.2 Å².